The first kappa shape index (κ1) is 11.5. The van der Waals surface area contributed by atoms with Gasteiger partial charge in [0.15, 0.2) is 0 Å². The number of halogens is 1. The number of tetrazole rings is 1. The molecule has 1 heterocycles. The van der Waals surface area contributed by atoms with Crippen LogP contribution in [0.2, 0.25) is 5.02 Å². The number of carbonyl (C=O) groups excluding carboxylic acids is 1. The molecular weight excluding hydrogens is 242 g/mol. The lowest BCUT2D eigenvalue weighted by Crippen LogP contribution is -2.19. The van der Waals surface area contributed by atoms with E-state index < -0.39 is 0 Å². The average molecular weight is 252 g/mol. The smallest absolute Gasteiger partial charge is 0.246 e. The molecule has 0 radical (unpaired) electrons. The third-order valence-electron chi connectivity index (χ3n) is 2.24. The minimum absolute atomic E-state index is 0.0684. The van der Waals surface area contributed by atoms with Gasteiger partial charge in [-0.2, -0.15) is 0 Å². The van der Waals surface area contributed by atoms with E-state index >= 15 is 0 Å². The molecule has 0 aliphatic rings. The van der Waals surface area contributed by atoms with Crippen molar-refractivity contribution in [1.29, 1.82) is 0 Å². The van der Waals surface area contributed by atoms with Gasteiger partial charge in [-0.15, -0.1) is 5.10 Å². The van der Waals surface area contributed by atoms with Crippen LogP contribution in [0.5, 0.6) is 0 Å². The predicted molar refractivity (Wildman–Crippen MR) is 62.6 cm³/mol. The van der Waals surface area contributed by atoms with Crippen LogP contribution in [0.4, 0.5) is 5.69 Å². The van der Waals surface area contributed by atoms with Gasteiger partial charge in [0.25, 0.3) is 0 Å². The van der Waals surface area contributed by atoms with E-state index in [-0.39, 0.29) is 12.5 Å². The number of benzene rings is 1. The van der Waals surface area contributed by atoms with E-state index in [0.29, 0.717) is 10.7 Å². The molecule has 2 aromatic rings. The van der Waals surface area contributed by atoms with Crippen molar-refractivity contribution in [2.24, 2.45) is 0 Å². The van der Waals surface area contributed by atoms with Gasteiger partial charge in [-0.3, -0.25) is 4.79 Å². The predicted octanol–water partition coefficient (Wildman–Crippen LogP) is 1.27. The van der Waals surface area contributed by atoms with Gasteiger partial charge >= 0.3 is 0 Å². The van der Waals surface area contributed by atoms with E-state index in [1.165, 1.54) is 11.0 Å². The minimum atomic E-state index is -0.206. The van der Waals surface area contributed by atoms with Gasteiger partial charge in [0.05, 0.1) is 0 Å². The molecule has 0 aliphatic heterocycles. The number of rotatable bonds is 3. The first-order chi connectivity index (χ1) is 8.16. The van der Waals surface area contributed by atoms with Gasteiger partial charge in [-0.1, -0.05) is 17.7 Å². The Morgan fingerprint density at radius 2 is 2.35 bits per heavy atom. The Labute approximate surface area is 103 Å². The van der Waals surface area contributed by atoms with Gasteiger partial charge in [0, 0.05) is 10.7 Å². The molecule has 1 amide bonds. The Balaban J connectivity index is 2.06. The van der Waals surface area contributed by atoms with Gasteiger partial charge < -0.3 is 5.32 Å². The van der Waals surface area contributed by atoms with Crippen LogP contribution in [-0.2, 0) is 11.3 Å². The lowest BCUT2D eigenvalue weighted by molar-refractivity contribution is -0.116. The third-order valence-corrected chi connectivity index (χ3v) is 2.65. The fourth-order valence-corrected chi connectivity index (χ4v) is 1.51. The molecular formula is C10H10ClN5O. The second-order valence-corrected chi connectivity index (χ2v) is 3.88. The summed E-state index contributed by atoms with van der Waals surface area (Å²) in [5.74, 6) is -0.206. The van der Waals surface area contributed by atoms with E-state index in [9.17, 15) is 4.79 Å². The summed E-state index contributed by atoms with van der Waals surface area (Å²) in [7, 11) is 0. The molecule has 17 heavy (non-hydrogen) atoms. The summed E-state index contributed by atoms with van der Waals surface area (Å²) in [6.07, 6.45) is 1.38. The zero-order chi connectivity index (χ0) is 12.3. The Kier molecular flexibility index (Phi) is 3.34. The highest BCUT2D eigenvalue weighted by Crippen LogP contribution is 2.22. The summed E-state index contributed by atoms with van der Waals surface area (Å²) in [5.41, 5.74) is 1.52. The largest absolute Gasteiger partial charge is 0.324 e. The van der Waals surface area contributed by atoms with Crippen molar-refractivity contribution < 1.29 is 4.79 Å². The molecule has 0 aliphatic carbocycles. The number of nitrogens with one attached hydrogen (secondary N) is 1. The lowest BCUT2D eigenvalue weighted by Gasteiger charge is -2.08. The number of amides is 1. The van der Waals surface area contributed by atoms with Crippen LogP contribution in [0, 0.1) is 6.92 Å². The zero-order valence-corrected chi connectivity index (χ0v) is 9.85. The Bertz CT molecular complexity index is 525. The van der Waals surface area contributed by atoms with Crippen LogP contribution in [0.3, 0.4) is 0 Å². The fraction of sp³-hybridized carbons (Fsp3) is 0.200. The number of carbonyl (C=O) groups is 1. The summed E-state index contributed by atoms with van der Waals surface area (Å²) in [6.45, 7) is 1.91. The summed E-state index contributed by atoms with van der Waals surface area (Å²) >= 11 is 5.95. The minimum Gasteiger partial charge on any atom is -0.324 e. The Morgan fingerprint density at radius 3 is 3.06 bits per heavy atom. The summed E-state index contributed by atoms with van der Waals surface area (Å²) in [5, 5.41) is 13.9. The highest BCUT2D eigenvalue weighted by atomic mass is 35.5. The van der Waals surface area contributed by atoms with Crippen molar-refractivity contribution in [3.63, 3.8) is 0 Å². The first-order valence-electron chi connectivity index (χ1n) is 4.92. The molecule has 0 fully saturated rings. The third kappa shape index (κ3) is 2.79. The quantitative estimate of drug-likeness (QED) is 0.892. The molecule has 2 rings (SSSR count). The molecule has 0 spiro atoms. The van der Waals surface area contributed by atoms with Crippen molar-refractivity contribution in [3.05, 3.63) is 35.1 Å². The maximum Gasteiger partial charge on any atom is 0.246 e. The van der Waals surface area contributed by atoms with Crippen molar-refractivity contribution in [2.45, 2.75) is 13.5 Å². The highest BCUT2D eigenvalue weighted by molar-refractivity contribution is 6.31. The van der Waals surface area contributed by atoms with Crippen LogP contribution >= 0.6 is 11.6 Å². The molecule has 0 saturated heterocycles. The Hall–Kier alpha value is -1.95. The molecule has 1 aromatic heterocycles. The average Bonchev–Trinajstić information content (AvgIpc) is 2.77. The van der Waals surface area contributed by atoms with Crippen LogP contribution in [0.1, 0.15) is 5.56 Å². The number of nitrogens with zero attached hydrogens (tertiary/aromatic N) is 4. The molecule has 0 saturated carbocycles. The molecule has 88 valence electrons. The van der Waals surface area contributed by atoms with Crippen molar-refractivity contribution in [1.82, 2.24) is 20.2 Å². The van der Waals surface area contributed by atoms with Crippen molar-refractivity contribution >= 4 is 23.2 Å². The summed E-state index contributed by atoms with van der Waals surface area (Å²) in [6, 6.07) is 5.34. The zero-order valence-electron chi connectivity index (χ0n) is 9.09. The second kappa shape index (κ2) is 4.92. The lowest BCUT2D eigenvalue weighted by atomic mass is 10.2. The van der Waals surface area contributed by atoms with E-state index in [2.05, 4.69) is 20.8 Å². The molecule has 1 N–H and O–H groups in total. The highest BCUT2D eigenvalue weighted by Gasteiger charge is 2.07. The van der Waals surface area contributed by atoms with Gasteiger partial charge in [-0.25, -0.2) is 4.68 Å². The topological polar surface area (TPSA) is 72.7 Å². The monoisotopic (exact) mass is 251 g/mol. The molecule has 7 heteroatoms. The van der Waals surface area contributed by atoms with E-state index in [1.807, 2.05) is 6.92 Å². The fourth-order valence-electron chi connectivity index (χ4n) is 1.33. The van der Waals surface area contributed by atoms with Crippen molar-refractivity contribution in [2.75, 3.05) is 5.32 Å². The van der Waals surface area contributed by atoms with Crippen molar-refractivity contribution in [3.8, 4) is 0 Å². The summed E-state index contributed by atoms with van der Waals surface area (Å²) in [4.78, 5) is 11.7. The molecule has 0 unspecified atom stereocenters. The maximum absolute atomic E-state index is 11.7. The molecule has 6 nitrogen and oxygen atoms in total. The van der Waals surface area contributed by atoms with Gasteiger partial charge in [0.2, 0.25) is 5.91 Å². The molecule has 0 bridgehead atoms. The maximum atomic E-state index is 11.7. The number of anilines is 1. The number of hydrogen-bond acceptors (Lipinski definition) is 4. The van der Waals surface area contributed by atoms with Gasteiger partial charge in [-0.05, 0) is 35.0 Å². The van der Waals surface area contributed by atoms with E-state index in [0.717, 1.165) is 5.56 Å². The number of hydrogen-bond donors (Lipinski definition) is 1. The van der Waals surface area contributed by atoms with Crippen LogP contribution < -0.4 is 5.32 Å². The molecule has 1 aromatic carbocycles. The van der Waals surface area contributed by atoms with Crippen LogP contribution in [-0.4, -0.2) is 26.1 Å². The van der Waals surface area contributed by atoms with Gasteiger partial charge in [0.1, 0.15) is 12.9 Å². The normalized spacial score (nSPS) is 10.2. The van der Waals surface area contributed by atoms with Crippen LogP contribution in [0.15, 0.2) is 24.5 Å². The summed E-state index contributed by atoms with van der Waals surface area (Å²) < 4.78 is 1.34. The molecule has 0 atom stereocenters. The van der Waals surface area contributed by atoms with Crippen LogP contribution in [0.25, 0.3) is 0 Å². The SMILES string of the molecule is Cc1c(Cl)cccc1NC(=O)Cn1cnnn1. The number of aromatic nitrogens is 4. The standard InChI is InChI=1S/C10H10ClN5O/c1-7-8(11)3-2-4-9(7)13-10(17)5-16-6-12-14-15-16/h2-4,6H,5H2,1H3,(H,13,17). The Morgan fingerprint density at radius 1 is 1.53 bits per heavy atom. The first-order valence-corrected chi connectivity index (χ1v) is 5.30. The van der Waals surface area contributed by atoms with E-state index in [1.54, 1.807) is 18.2 Å². The van der Waals surface area contributed by atoms with E-state index in [4.69, 9.17) is 11.6 Å². The second-order valence-electron chi connectivity index (χ2n) is 3.47.